The molecular weight excluding hydrogens is 166 g/mol. The van der Waals surface area contributed by atoms with Crippen molar-refractivity contribution in [3.8, 4) is 6.07 Å². The molecule has 72 valence electrons. The maximum Gasteiger partial charge on any atom is 0.164 e. The van der Waals surface area contributed by atoms with Gasteiger partial charge in [-0.1, -0.05) is 6.08 Å². The zero-order valence-electron chi connectivity index (χ0n) is 8.12. The summed E-state index contributed by atoms with van der Waals surface area (Å²) in [7, 11) is 0. The van der Waals surface area contributed by atoms with Crippen LogP contribution in [-0.2, 0) is 9.47 Å². The van der Waals surface area contributed by atoms with E-state index in [-0.39, 0.29) is 12.2 Å². The molecule has 0 aromatic rings. The van der Waals surface area contributed by atoms with Crippen molar-refractivity contribution in [3.63, 3.8) is 0 Å². The van der Waals surface area contributed by atoms with Crippen LogP contribution in [0.4, 0.5) is 0 Å². The second kappa shape index (κ2) is 3.91. The van der Waals surface area contributed by atoms with E-state index in [1.165, 1.54) is 0 Å². The van der Waals surface area contributed by atoms with Crippen LogP contribution < -0.4 is 0 Å². The Hall–Kier alpha value is -0.850. The first-order valence-corrected chi connectivity index (χ1v) is 4.44. The van der Waals surface area contributed by atoms with Gasteiger partial charge in [-0.3, -0.25) is 0 Å². The minimum Gasteiger partial charge on any atom is -0.344 e. The normalized spacial score (nSPS) is 31.2. The van der Waals surface area contributed by atoms with Crippen LogP contribution in [0.5, 0.6) is 0 Å². The molecule has 0 saturated carbocycles. The van der Waals surface area contributed by atoms with E-state index in [0.29, 0.717) is 12.8 Å². The zero-order valence-corrected chi connectivity index (χ0v) is 8.12. The van der Waals surface area contributed by atoms with Crippen molar-refractivity contribution in [3.05, 3.63) is 12.7 Å². The van der Waals surface area contributed by atoms with Crippen molar-refractivity contribution in [2.24, 2.45) is 0 Å². The average molecular weight is 181 g/mol. The Balaban J connectivity index is 2.54. The van der Waals surface area contributed by atoms with Gasteiger partial charge in [-0.05, 0) is 20.3 Å². The van der Waals surface area contributed by atoms with Crippen molar-refractivity contribution >= 4 is 0 Å². The minimum atomic E-state index is -0.543. The van der Waals surface area contributed by atoms with Crippen LogP contribution in [0.2, 0.25) is 0 Å². The summed E-state index contributed by atoms with van der Waals surface area (Å²) in [6.07, 6.45) is 2.83. The lowest BCUT2D eigenvalue weighted by atomic mass is 10.1. The molecule has 2 atom stereocenters. The zero-order chi connectivity index (χ0) is 9.90. The first-order chi connectivity index (χ1) is 6.09. The van der Waals surface area contributed by atoms with Crippen molar-refractivity contribution in [2.45, 2.75) is 44.7 Å². The van der Waals surface area contributed by atoms with E-state index in [4.69, 9.17) is 14.7 Å². The average Bonchev–Trinajstić information content (AvgIpc) is 2.37. The molecule has 0 aromatic carbocycles. The van der Waals surface area contributed by atoms with Crippen LogP contribution in [-0.4, -0.2) is 18.0 Å². The second-order valence-corrected chi connectivity index (χ2v) is 3.57. The molecule has 0 radical (unpaired) electrons. The molecule has 0 spiro atoms. The Kier molecular flexibility index (Phi) is 3.07. The molecular formula is C10H15NO2. The maximum absolute atomic E-state index is 8.44. The molecule has 0 aliphatic carbocycles. The van der Waals surface area contributed by atoms with Gasteiger partial charge < -0.3 is 9.47 Å². The van der Waals surface area contributed by atoms with Crippen LogP contribution in [0.3, 0.4) is 0 Å². The molecule has 1 heterocycles. The highest BCUT2D eigenvalue weighted by molar-refractivity contribution is 4.94. The molecule has 0 N–H and O–H groups in total. The molecule has 0 bridgehead atoms. The number of rotatable bonds is 3. The Morgan fingerprint density at radius 2 is 2.23 bits per heavy atom. The molecule has 1 fully saturated rings. The fraction of sp³-hybridized carbons (Fsp3) is 0.700. The number of hydrogen-bond acceptors (Lipinski definition) is 3. The van der Waals surface area contributed by atoms with E-state index in [1.54, 1.807) is 6.08 Å². The van der Waals surface area contributed by atoms with Gasteiger partial charge in [0.1, 0.15) is 6.10 Å². The first-order valence-electron chi connectivity index (χ1n) is 4.44. The van der Waals surface area contributed by atoms with Crippen LogP contribution in [0, 0.1) is 11.3 Å². The summed E-state index contributed by atoms with van der Waals surface area (Å²) in [4.78, 5) is 0. The summed E-state index contributed by atoms with van der Waals surface area (Å²) in [5.41, 5.74) is 0. The van der Waals surface area contributed by atoms with Crippen LogP contribution in [0.15, 0.2) is 12.7 Å². The Morgan fingerprint density at radius 1 is 1.54 bits per heavy atom. The highest BCUT2D eigenvalue weighted by atomic mass is 16.7. The van der Waals surface area contributed by atoms with E-state index in [0.717, 1.165) is 0 Å². The van der Waals surface area contributed by atoms with Crippen LogP contribution in [0.25, 0.3) is 0 Å². The third-order valence-electron chi connectivity index (χ3n) is 1.99. The number of nitrogens with zero attached hydrogens (tertiary/aromatic N) is 1. The molecule has 1 rings (SSSR count). The smallest absolute Gasteiger partial charge is 0.164 e. The Labute approximate surface area is 78.9 Å². The monoisotopic (exact) mass is 181 g/mol. The van der Waals surface area contributed by atoms with E-state index >= 15 is 0 Å². The molecule has 0 amide bonds. The third kappa shape index (κ3) is 2.55. The van der Waals surface area contributed by atoms with E-state index < -0.39 is 5.79 Å². The number of nitriles is 1. The lowest BCUT2D eigenvalue weighted by molar-refractivity contribution is -0.143. The van der Waals surface area contributed by atoms with Gasteiger partial charge in [0.05, 0.1) is 12.2 Å². The van der Waals surface area contributed by atoms with Crippen LogP contribution in [0.1, 0.15) is 26.7 Å². The largest absolute Gasteiger partial charge is 0.344 e. The second-order valence-electron chi connectivity index (χ2n) is 3.57. The number of ether oxygens (including phenoxy) is 2. The maximum atomic E-state index is 8.44. The van der Waals surface area contributed by atoms with Gasteiger partial charge in [0, 0.05) is 6.42 Å². The number of hydrogen-bond donors (Lipinski definition) is 0. The summed E-state index contributed by atoms with van der Waals surface area (Å²) >= 11 is 0. The van der Waals surface area contributed by atoms with E-state index in [1.807, 2.05) is 13.8 Å². The Bertz CT molecular complexity index is 230. The van der Waals surface area contributed by atoms with Crippen molar-refractivity contribution in [1.82, 2.24) is 0 Å². The van der Waals surface area contributed by atoms with E-state index in [2.05, 4.69) is 12.6 Å². The highest BCUT2D eigenvalue weighted by Crippen LogP contribution is 2.30. The topological polar surface area (TPSA) is 42.2 Å². The molecule has 3 nitrogen and oxygen atoms in total. The van der Waals surface area contributed by atoms with Gasteiger partial charge in [0.15, 0.2) is 5.79 Å². The standard InChI is InChI=1S/C10H15NO2/c1-4-8-9(6-5-7-11)13-10(2,3)12-8/h4,8-9H,1,5-6H2,2-3H3/t8-,9-/m1/s1. The Morgan fingerprint density at radius 3 is 2.77 bits per heavy atom. The van der Waals surface area contributed by atoms with E-state index in [9.17, 15) is 0 Å². The predicted molar refractivity (Wildman–Crippen MR) is 48.9 cm³/mol. The van der Waals surface area contributed by atoms with Crippen LogP contribution >= 0.6 is 0 Å². The summed E-state index contributed by atoms with van der Waals surface area (Å²) in [5, 5.41) is 8.44. The summed E-state index contributed by atoms with van der Waals surface area (Å²) in [6, 6.07) is 2.10. The fourth-order valence-electron chi connectivity index (χ4n) is 1.49. The van der Waals surface area contributed by atoms with Crippen molar-refractivity contribution < 1.29 is 9.47 Å². The highest BCUT2D eigenvalue weighted by Gasteiger charge is 2.38. The first kappa shape index (κ1) is 10.2. The fourth-order valence-corrected chi connectivity index (χ4v) is 1.49. The van der Waals surface area contributed by atoms with Gasteiger partial charge in [0.2, 0.25) is 0 Å². The predicted octanol–water partition coefficient (Wildman–Crippen LogP) is 2.00. The van der Waals surface area contributed by atoms with Gasteiger partial charge in [-0.25, -0.2) is 0 Å². The molecule has 1 saturated heterocycles. The van der Waals surface area contributed by atoms with Gasteiger partial charge in [0.25, 0.3) is 0 Å². The molecule has 1 aliphatic heterocycles. The molecule has 0 aromatic heterocycles. The van der Waals surface area contributed by atoms with Gasteiger partial charge in [-0.2, -0.15) is 5.26 Å². The summed E-state index contributed by atoms with van der Waals surface area (Å²) in [6.45, 7) is 7.42. The summed E-state index contributed by atoms with van der Waals surface area (Å²) < 4.78 is 11.2. The van der Waals surface area contributed by atoms with Gasteiger partial charge >= 0.3 is 0 Å². The molecule has 1 aliphatic rings. The molecule has 3 heteroatoms. The quantitative estimate of drug-likeness (QED) is 0.625. The minimum absolute atomic E-state index is 0.0212. The third-order valence-corrected chi connectivity index (χ3v) is 1.99. The molecule has 13 heavy (non-hydrogen) atoms. The van der Waals surface area contributed by atoms with Crippen molar-refractivity contribution in [1.29, 1.82) is 5.26 Å². The molecule has 0 unspecified atom stereocenters. The summed E-state index contributed by atoms with van der Waals surface area (Å²) in [5.74, 6) is -0.543. The lowest BCUT2D eigenvalue weighted by Crippen LogP contribution is -2.21. The van der Waals surface area contributed by atoms with Crippen molar-refractivity contribution in [2.75, 3.05) is 0 Å². The lowest BCUT2D eigenvalue weighted by Gasteiger charge is -2.16. The van der Waals surface area contributed by atoms with Gasteiger partial charge in [-0.15, -0.1) is 6.58 Å². The SMILES string of the molecule is C=C[C@H]1OC(C)(C)O[C@@H]1CCC#N.